The standard InChI is InChI=1S/C14H10ClFN4O2/c15-9-5-6-11(10(16)7-9)17-14(21)8-22-20-13-4-2-1-3-12(13)18-19-20/h1-7H,8H2,(H,17,21). The van der Waals surface area contributed by atoms with Crippen molar-refractivity contribution in [3.05, 3.63) is 53.3 Å². The molecule has 0 atom stereocenters. The maximum Gasteiger partial charge on any atom is 0.265 e. The number of carbonyl (C=O) groups excluding carboxylic acids is 1. The number of halogens is 2. The van der Waals surface area contributed by atoms with Gasteiger partial charge < -0.3 is 10.2 Å². The molecule has 0 unspecified atom stereocenters. The molecule has 22 heavy (non-hydrogen) atoms. The third-order valence-electron chi connectivity index (χ3n) is 2.84. The third-order valence-corrected chi connectivity index (χ3v) is 3.08. The van der Waals surface area contributed by atoms with Gasteiger partial charge in [-0.2, -0.15) is 0 Å². The average molecular weight is 321 g/mol. The Morgan fingerprint density at radius 1 is 1.32 bits per heavy atom. The quantitative estimate of drug-likeness (QED) is 0.801. The molecule has 1 amide bonds. The number of nitrogens with zero attached hydrogens (tertiary/aromatic N) is 3. The lowest BCUT2D eigenvalue weighted by atomic mass is 10.3. The molecule has 0 bridgehead atoms. The van der Waals surface area contributed by atoms with Gasteiger partial charge in [-0.05, 0) is 35.5 Å². The van der Waals surface area contributed by atoms with Crippen molar-refractivity contribution in [1.29, 1.82) is 0 Å². The van der Waals surface area contributed by atoms with Crippen LogP contribution in [0.4, 0.5) is 10.1 Å². The Labute approximate surface area is 129 Å². The number of aromatic nitrogens is 3. The highest BCUT2D eigenvalue weighted by molar-refractivity contribution is 6.30. The summed E-state index contributed by atoms with van der Waals surface area (Å²) in [4.78, 5) is 18.2. The first-order chi connectivity index (χ1) is 10.6. The molecule has 3 aromatic rings. The van der Waals surface area contributed by atoms with Gasteiger partial charge in [0.1, 0.15) is 16.9 Å². The van der Waals surface area contributed by atoms with Crippen molar-refractivity contribution < 1.29 is 14.0 Å². The number of rotatable bonds is 4. The predicted octanol–water partition coefficient (Wildman–Crippen LogP) is 2.29. The van der Waals surface area contributed by atoms with Crippen LogP contribution in [-0.4, -0.2) is 27.7 Å². The van der Waals surface area contributed by atoms with Crippen molar-refractivity contribution in [2.45, 2.75) is 0 Å². The zero-order valence-corrected chi connectivity index (χ0v) is 11.9. The Bertz CT molecular complexity index is 837. The normalized spacial score (nSPS) is 10.6. The van der Waals surface area contributed by atoms with E-state index >= 15 is 0 Å². The first-order valence-corrected chi connectivity index (χ1v) is 6.70. The van der Waals surface area contributed by atoms with Crippen LogP contribution >= 0.6 is 11.6 Å². The third kappa shape index (κ3) is 2.99. The Morgan fingerprint density at radius 3 is 2.95 bits per heavy atom. The monoisotopic (exact) mass is 320 g/mol. The van der Waals surface area contributed by atoms with Crippen LogP contribution in [-0.2, 0) is 4.79 Å². The van der Waals surface area contributed by atoms with E-state index in [-0.39, 0.29) is 17.3 Å². The van der Waals surface area contributed by atoms with E-state index in [4.69, 9.17) is 16.4 Å². The van der Waals surface area contributed by atoms with E-state index in [0.717, 1.165) is 10.9 Å². The van der Waals surface area contributed by atoms with Crippen LogP contribution in [0.1, 0.15) is 0 Å². The van der Waals surface area contributed by atoms with Crippen LogP contribution in [0.25, 0.3) is 11.0 Å². The number of carbonyl (C=O) groups is 1. The maximum absolute atomic E-state index is 13.6. The van der Waals surface area contributed by atoms with E-state index in [1.807, 2.05) is 6.07 Å². The van der Waals surface area contributed by atoms with Crippen molar-refractivity contribution in [1.82, 2.24) is 15.2 Å². The molecule has 0 saturated carbocycles. The molecule has 3 rings (SSSR count). The number of nitrogens with one attached hydrogen (secondary N) is 1. The minimum absolute atomic E-state index is 0.0291. The lowest BCUT2D eigenvalue weighted by molar-refractivity contribution is -0.121. The molecule has 0 aliphatic heterocycles. The van der Waals surface area contributed by atoms with Crippen molar-refractivity contribution in [2.75, 3.05) is 11.9 Å². The Balaban J connectivity index is 1.65. The van der Waals surface area contributed by atoms with E-state index in [2.05, 4.69) is 15.6 Å². The van der Waals surface area contributed by atoms with Gasteiger partial charge in [0.05, 0.1) is 5.69 Å². The molecule has 0 aliphatic carbocycles. The van der Waals surface area contributed by atoms with Crippen molar-refractivity contribution in [2.24, 2.45) is 0 Å². The van der Waals surface area contributed by atoms with Gasteiger partial charge in [-0.1, -0.05) is 28.6 Å². The topological polar surface area (TPSA) is 69.0 Å². The van der Waals surface area contributed by atoms with E-state index in [9.17, 15) is 9.18 Å². The van der Waals surface area contributed by atoms with Crippen molar-refractivity contribution >= 4 is 34.2 Å². The van der Waals surface area contributed by atoms with Crippen LogP contribution < -0.4 is 10.2 Å². The molecule has 1 N–H and O–H groups in total. The first kappa shape index (κ1) is 14.3. The molecule has 0 saturated heterocycles. The van der Waals surface area contributed by atoms with E-state index < -0.39 is 11.7 Å². The zero-order chi connectivity index (χ0) is 15.5. The maximum atomic E-state index is 13.6. The molecule has 0 spiro atoms. The smallest absolute Gasteiger partial charge is 0.265 e. The molecule has 2 aromatic carbocycles. The highest BCUT2D eigenvalue weighted by atomic mass is 35.5. The summed E-state index contributed by atoms with van der Waals surface area (Å²) in [6.07, 6.45) is 0. The molecule has 1 aromatic heterocycles. The number of amides is 1. The fraction of sp³-hybridized carbons (Fsp3) is 0.0714. The minimum atomic E-state index is -0.618. The summed E-state index contributed by atoms with van der Waals surface area (Å²) in [5.41, 5.74) is 1.31. The second-order valence-corrected chi connectivity index (χ2v) is 4.83. The van der Waals surface area contributed by atoms with Gasteiger partial charge in [-0.3, -0.25) is 4.79 Å². The number of anilines is 1. The fourth-order valence-electron chi connectivity index (χ4n) is 1.84. The Morgan fingerprint density at radius 2 is 2.14 bits per heavy atom. The SMILES string of the molecule is O=C(COn1nnc2ccccc21)Nc1ccc(Cl)cc1F. The molecule has 1 heterocycles. The molecule has 0 fully saturated rings. The van der Waals surface area contributed by atoms with Gasteiger partial charge in [-0.15, -0.1) is 5.10 Å². The number of benzene rings is 2. The van der Waals surface area contributed by atoms with Gasteiger partial charge in [0.25, 0.3) is 5.91 Å². The minimum Gasteiger partial charge on any atom is -0.385 e. The van der Waals surface area contributed by atoms with Gasteiger partial charge in [0.15, 0.2) is 6.61 Å². The van der Waals surface area contributed by atoms with Gasteiger partial charge in [0, 0.05) is 5.02 Å². The summed E-state index contributed by atoms with van der Waals surface area (Å²) in [7, 11) is 0. The highest BCUT2D eigenvalue weighted by Crippen LogP contribution is 2.18. The summed E-state index contributed by atoms with van der Waals surface area (Å²) in [5.74, 6) is -1.15. The van der Waals surface area contributed by atoms with Gasteiger partial charge >= 0.3 is 0 Å². The second kappa shape index (κ2) is 5.98. The second-order valence-electron chi connectivity index (χ2n) is 4.40. The first-order valence-electron chi connectivity index (χ1n) is 6.32. The van der Waals surface area contributed by atoms with Crippen molar-refractivity contribution in [3.8, 4) is 0 Å². The van der Waals surface area contributed by atoms with E-state index in [0.29, 0.717) is 11.0 Å². The Hall–Kier alpha value is -2.67. The highest BCUT2D eigenvalue weighted by Gasteiger charge is 2.10. The largest absolute Gasteiger partial charge is 0.385 e. The Kier molecular flexibility index (Phi) is 3.88. The summed E-state index contributed by atoms with van der Waals surface area (Å²) in [6.45, 7) is -0.338. The van der Waals surface area contributed by atoms with Crippen LogP contribution in [0.3, 0.4) is 0 Å². The molecule has 8 heteroatoms. The summed E-state index contributed by atoms with van der Waals surface area (Å²) >= 11 is 5.64. The molecule has 0 radical (unpaired) electrons. The van der Waals surface area contributed by atoms with Crippen LogP contribution in [0.2, 0.25) is 5.02 Å². The van der Waals surface area contributed by atoms with Gasteiger partial charge in [0.2, 0.25) is 0 Å². The van der Waals surface area contributed by atoms with E-state index in [1.54, 1.807) is 18.2 Å². The summed E-state index contributed by atoms with van der Waals surface area (Å²) in [5, 5.41) is 10.3. The predicted molar refractivity (Wildman–Crippen MR) is 79.0 cm³/mol. The van der Waals surface area contributed by atoms with Crippen molar-refractivity contribution in [3.63, 3.8) is 0 Å². The molecular formula is C14H10ClFN4O2. The lowest BCUT2D eigenvalue weighted by Gasteiger charge is -2.08. The molecular weight excluding hydrogens is 311 g/mol. The van der Waals surface area contributed by atoms with Crippen LogP contribution in [0, 0.1) is 5.82 Å². The number of hydrogen-bond acceptors (Lipinski definition) is 4. The fourth-order valence-corrected chi connectivity index (χ4v) is 2.00. The zero-order valence-electron chi connectivity index (χ0n) is 11.2. The molecule has 112 valence electrons. The van der Waals surface area contributed by atoms with E-state index in [1.165, 1.54) is 12.1 Å². The number of hydrogen-bond donors (Lipinski definition) is 1. The average Bonchev–Trinajstić information content (AvgIpc) is 2.91. The summed E-state index contributed by atoms with van der Waals surface area (Å²) in [6, 6.07) is 11.1. The van der Waals surface area contributed by atoms with Crippen LogP contribution in [0.15, 0.2) is 42.5 Å². The van der Waals surface area contributed by atoms with Gasteiger partial charge in [-0.25, -0.2) is 4.39 Å². The number of fused-ring (bicyclic) bond motifs is 1. The lowest BCUT2D eigenvalue weighted by Crippen LogP contribution is -2.26. The number of para-hydroxylation sites is 1. The molecule has 0 aliphatic rings. The summed E-state index contributed by atoms with van der Waals surface area (Å²) < 4.78 is 13.6. The van der Waals surface area contributed by atoms with Crippen LogP contribution in [0.5, 0.6) is 0 Å². The molecule has 6 nitrogen and oxygen atoms in total.